The molecule has 0 spiro atoms. The van der Waals surface area contributed by atoms with E-state index in [0.29, 0.717) is 6.07 Å². The van der Waals surface area contributed by atoms with Crippen molar-refractivity contribution in [3.8, 4) is 0 Å². The van der Waals surface area contributed by atoms with Crippen LogP contribution in [-0.4, -0.2) is 17.3 Å². The van der Waals surface area contributed by atoms with E-state index in [4.69, 9.17) is 11.6 Å². The van der Waals surface area contributed by atoms with Crippen LogP contribution >= 0.6 is 11.6 Å². The fraction of sp³-hybridized carbons (Fsp3) is 0.125. The van der Waals surface area contributed by atoms with Crippen LogP contribution in [0.25, 0.3) is 5.82 Å². The van der Waals surface area contributed by atoms with Gasteiger partial charge < -0.3 is 9.47 Å². The van der Waals surface area contributed by atoms with Crippen LogP contribution in [0.4, 0.5) is 27.6 Å². The number of benzene rings is 1. The van der Waals surface area contributed by atoms with Crippen LogP contribution in [0.5, 0.6) is 0 Å². The highest BCUT2D eigenvalue weighted by molar-refractivity contribution is 6.34. The zero-order valence-corrected chi connectivity index (χ0v) is 12.7. The number of alkyl halides is 3. The van der Waals surface area contributed by atoms with Crippen molar-refractivity contribution < 1.29 is 22.0 Å². The predicted molar refractivity (Wildman–Crippen MR) is 81.3 cm³/mol. The van der Waals surface area contributed by atoms with E-state index in [1.165, 1.54) is 4.57 Å². The third kappa shape index (κ3) is 3.03. The van der Waals surface area contributed by atoms with E-state index in [2.05, 4.69) is 0 Å². The monoisotopic (exact) mass is 360 g/mol. The molecule has 2 aromatic rings. The van der Waals surface area contributed by atoms with Crippen LogP contribution in [0.3, 0.4) is 0 Å². The Labute approximate surface area is 139 Å². The van der Waals surface area contributed by atoms with Gasteiger partial charge in [-0.25, -0.2) is 8.78 Å². The van der Waals surface area contributed by atoms with Crippen molar-refractivity contribution in [3.63, 3.8) is 0 Å². The number of rotatable bonds is 2. The molecule has 1 aliphatic rings. The summed E-state index contributed by atoms with van der Waals surface area (Å²) in [4.78, 5) is 1.07. The van der Waals surface area contributed by atoms with E-state index < -0.39 is 29.9 Å². The van der Waals surface area contributed by atoms with Gasteiger partial charge in [0.2, 0.25) is 0 Å². The Hall–Kier alpha value is -2.28. The largest absolute Gasteiger partial charge is 0.414 e. The van der Waals surface area contributed by atoms with Crippen LogP contribution < -0.4 is 4.90 Å². The number of nitrogens with zero attached hydrogens (tertiary/aromatic N) is 2. The molecule has 0 saturated carbocycles. The van der Waals surface area contributed by atoms with Gasteiger partial charge in [-0.3, -0.25) is 0 Å². The van der Waals surface area contributed by atoms with Gasteiger partial charge in [0.05, 0.1) is 22.8 Å². The van der Waals surface area contributed by atoms with Crippen LogP contribution in [0.15, 0.2) is 59.4 Å². The Morgan fingerprint density at radius 1 is 1.04 bits per heavy atom. The number of halogens is 6. The third-order valence-corrected chi connectivity index (χ3v) is 3.79. The summed E-state index contributed by atoms with van der Waals surface area (Å²) in [6, 6.07) is 5.98. The van der Waals surface area contributed by atoms with E-state index in [1.54, 1.807) is 24.5 Å². The first-order chi connectivity index (χ1) is 11.3. The molecule has 1 aromatic heterocycles. The molecule has 1 aliphatic heterocycles. The number of hydrogen-bond acceptors (Lipinski definition) is 1. The van der Waals surface area contributed by atoms with Gasteiger partial charge in [0.25, 0.3) is 0 Å². The van der Waals surface area contributed by atoms with Gasteiger partial charge in [-0.2, -0.15) is 13.2 Å². The molecule has 0 fully saturated rings. The molecular weight excluding hydrogens is 351 g/mol. The van der Waals surface area contributed by atoms with E-state index >= 15 is 0 Å². The first-order valence-corrected chi connectivity index (χ1v) is 7.18. The SMILES string of the molecule is Fc1ccc(N2CC(C(F)(F)F)=CC(Cl)=C2n2cccc2)c(F)c1. The lowest BCUT2D eigenvalue weighted by molar-refractivity contribution is -0.0923. The zero-order valence-electron chi connectivity index (χ0n) is 12.0. The maximum Gasteiger partial charge on any atom is 0.414 e. The summed E-state index contributed by atoms with van der Waals surface area (Å²) in [6.07, 6.45) is -0.664. The summed E-state index contributed by atoms with van der Waals surface area (Å²) >= 11 is 6.05. The topological polar surface area (TPSA) is 8.17 Å². The van der Waals surface area contributed by atoms with Crippen LogP contribution in [-0.2, 0) is 0 Å². The molecule has 8 heteroatoms. The minimum Gasteiger partial charge on any atom is -0.319 e. The summed E-state index contributed by atoms with van der Waals surface area (Å²) in [5.41, 5.74) is -1.12. The molecule has 2 nitrogen and oxygen atoms in total. The van der Waals surface area contributed by atoms with Crippen molar-refractivity contribution in [2.24, 2.45) is 0 Å². The normalized spacial score (nSPS) is 15.8. The molecule has 0 aliphatic carbocycles. The number of hydrogen-bond donors (Lipinski definition) is 0. The molecule has 0 unspecified atom stereocenters. The Kier molecular flexibility index (Phi) is 4.13. The molecule has 1 aromatic carbocycles. The second kappa shape index (κ2) is 5.98. The van der Waals surface area contributed by atoms with Gasteiger partial charge in [-0.05, 0) is 30.3 Å². The Morgan fingerprint density at radius 3 is 2.29 bits per heavy atom. The smallest absolute Gasteiger partial charge is 0.319 e. The van der Waals surface area contributed by atoms with E-state index in [1.807, 2.05) is 0 Å². The highest BCUT2D eigenvalue weighted by Crippen LogP contribution is 2.38. The van der Waals surface area contributed by atoms with Gasteiger partial charge in [0.15, 0.2) is 0 Å². The van der Waals surface area contributed by atoms with Crippen molar-refractivity contribution in [1.29, 1.82) is 0 Å². The Morgan fingerprint density at radius 2 is 1.71 bits per heavy atom. The quantitative estimate of drug-likeness (QED) is 0.673. The molecule has 2 heterocycles. The van der Waals surface area contributed by atoms with Crippen molar-refractivity contribution >= 4 is 23.1 Å². The van der Waals surface area contributed by atoms with Crippen molar-refractivity contribution in [2.75, 3.05) is 11.4 Å². The molecule has 0 radical (unpaired) electrons. The molecule has 0 N–H and O–H groups in total. The van der Waals surface area contributed by atoms with Crippen LogP contribution in [0.2, 0.25) is 0 Å². The lowest BCUT2D eigenvalue weighted by Crippen LogP contribution is -2.34. The van der Waals surface area contributed by atoms with Crippen molar-refractivity contribution in [2.45, 2.75) is 6.18 Å². The highest BCUT2D eigenvalue weighted by Gasteiger charge is 2.38. The second-order valence-electron chi connectivity index (χ2n) is 5.11. The number of allylic oxidation sites excluding steroid dienone is 2. The van der Waals surface area contributed by atoms with Gasteiger partial charge in [-0.15, -0.1) is 0 Å². The molecule has 126 valence electrons. The summed E-state index contributed by atoms with van der Waals surface area (Å²) in [5, 5.41) is -0.200. The van der Waals surface area contributed by atoms with Crippen molar-refractivity contribution in [3.05, 3.63) is 71.0 Å². The predicted octanol–water partition coefficient (Wildman–Crippen LogP) is 5.14. The maximum absolute atomic E-state index is 14.1. The average Bonchev–Trinajstić information content (AvgIpc) is 2.99. The lowest BCUT2D eigenvalue weighted by Gasteiger charge is -2.33. The summed E-state index contributed by atoms with van der Waals surface area (Å²) < 4.78 is 68.0. The molecule has 3 rings (SSSR count). The van der Waals surface area contributed by atoms with Crippen molar-refractivity contribution in [1.82, 2.24) is 4.57 Å². The molecule has 0 amide bonds. The van der Waals surface area contributed by atoms with Gasteiger partial charge in [0.1, 0.15) is 17.5 Å². The van der Waals surface area contributed by atoms with E-state index in [0.717, 1.165) is 23.1 Å². The van der Waals surface area contributed by atoms with Gasteiger partial charge in [-0.1, -0.05) is 11.6 Å². The minimum atomic E-state index is -4.61. The molecule has 0 saturated heterocycles. The standard InChI is InChI=1S/C16H10ClF5N2/c17-12-7-10(16(20,21)22)9-24(15(12)23-5-1-2-6-23)14-4-3-11(18)8-13(14)19/h1-8H,9H2. The number of anilines is 1. The van der Waals surface area contributed by atoms with Crippen LogP contribution in [0.1, 0.15) is 0 Å². The first kappa shape index (κ1) is 16.6. The van der Waals surface area contributed by atoms with E-state index in [9.17, 15) is 22.0 Å². The fourth-order valence-electron chi connectivity index (χ4n) is 2.45. The summed E-state index contributed by atoms with van der Waals surface area (Å²) in [5.74, 6) is -1.65. The third-order valence-electron chi connectivity index (χ3n) is 3.51. The zero-order chi connectivity index (χ0) is 17.5. The fourth-order valence-corrected chi connectivity index (χ4v) is 2.78. The Balaban J connectivity index is 2.17. The number of aromatic nitrogens is 1. The van der Waals surface area contributed by atoms with E-state index in [-0.39, 0.29) is 16.5 Å². The lowest BCUT2D eigenvalue weighted by atomic mass is 10.1. The Bertz CT molecular complexity index is 821. The van der Waals surface area contributed by atoms with Gasteiger partial charge in [0, 0.05) is 18.5 Å². The van der Waals surface area contributed by atoms with Crippen LogP contribution in [0, 0.1) is 11.6 Å². The molecule has 0 bridgehead atoms. The second-order valence-corrected chi connectivity index (χ2v) is 5.52. The summed E-state index contributed by atoms with van der Waals surface area (Å²) in [6.45, 7) is -0.643. The molecule has 24 heavy (non-hydrogen) atoms. The maximum atomic E-state index is 14.1. The van der Waals surface area contributed by atoms with Gasteiger partial charge >= 0.3 is 6.18 Å². The summed E-state index contributed by atoms with van der Waals surface area (Å²) in [7, 11) is 0. The highest BCUT2D eigenvalue weighted by atomic mass is 35.5. The average molecular weight is 361 g/mol. The first-order valence-electron chi connectivity index (χ1n) is 6.81. The minimum absolute atomic E-state index is 0.153. The molecule has 0 atom stereocenters. The molecular formula is C16H10ClF5N2.